The molecule has 0 saturated carbocycles. The average molecular weight is 383 g/mol. The Morgan fingerprint density at radius 2 is 1.86 bits per heavy atom. The van der Waals surface area contributed by atoms with E-state index in [0.717, 1.165) is 11.3 Å². The van der Waals surface area contributed by atoms with Crippen molar-refractivity contribution in [2.24, 2.45) is 0 Å². The SMILES string of the molecule is COc1ccccc1OCCC(=O)OCC(=O)c1ccc2c(c1)CCC(=O)N2. The van der Waals surface area contributed by atoms with E-state index in [0.29, 0.717) is 29.9 Å². The van der Waals surface area contributed by atoms with E-state index >= 15 is 0 Å². The van der Waals surface area contributed by atoms with Crippen LogP contribution in [-0.4, -0.2) is 38.0 Å². The molecule has 0 spiro atoms. The maximum Gasteiger partial charge on any atom is 0.309 e. The van der Waals surface area contributed by atoms with Crippen LogP contribution in [0, 0.1) is 0 Å². The van der Waals surface area contributed by atoms with Crippen LogP contribution in [0.1, 0.15) is 28.8 Å². The van der Waals surface area contributed by atoms with E-state index < -0.39 is 5.97 Å². The third kappa shape index (κ3) is 4.88. The van der Waals surface area contributed by atoms with Crippen LogP contribution >= 0.6 is 0 Å². The lowest BCUT2D eigenvalue weighted by atomic mass is 9.99. The molecular formula is C21H21NO6. The van der Waals surface area contributed by atoms with Crippen LogP contribution < -0.4 is 14.8 Å². The lowest BCUT2D eigenvalue weighted by Gasteiger charge is -2.17. The largest absolute Gasteiger partial charge is 0.493 e. The number of Topliss-reactive ketones (excluding diaryl/α,β-unsaturated/α-hetero) is 1. The highest BCUT2D eigenvalue weighted by atomic mass is 16.5. The van der Waals surface area contributed by atoms with Crippen LogP contribution in [-0.2, 0) is 20.7 Å². The van der Waals surface area contributed by atoms with E-state index in [1.165, 1.54) is 7.11 Å². The van der Waals surface area contributed by atoms with Gasteiger partial charge in [0, 0.05) is 17.7 Å². The van der Waals surface area contributed by atoms with Crippen LogP contribution in [0.15, 0.2) is 42.5 Å². The number of anilines is 1. The minimum absolute atomic E-state index is 0.0154. The van der Waals surface area contributed by atoms with E-state index in [1.54, 1.807) is 36.4 Å². The number of aryl methyl sites for hydroxylation is 1. The number of rotatable bonds is 8. The first-order valence-corrected chi connectivity index (χ1v) is 8.94. The van der Waals surface area contributed by atoms with Gasteiger partial charge in [0.05, 0.1) is 20.1 Å². The second-order valence-electron chi connectivity index (χ2n) is 6.25. The molecule has 3 rings (SSSR count). The molecule has 1 heterocycles. The molecule has 0 radical (unpaired) electrons. The van der Waals surface area contributed by atoms with Crippen molar-refractivity contribution in [2.75, 3.05) is 25.6 Å². The monoisotopic (exact) mass is 383 g/mol. The Kier molecular flexibility index (Phi) is 6.26. The second-order valence-corrected chi connectivity index (χ2v) is 6.25. The molecule has 146 valence electrons. The molecule has 1 amide bonds. The van der Waals surface area contributed by atoms with Gasteiger partial charge >= 0.3 is 5.97 Å². The molecule has 0 atom stereocenters. The molecule has 7 nitrogen and oxygen atoms in total. The maximum atomic E-state index is 12.3. The highest BCUT2D eigenvalue weighted by Gasteiger charge is 2.17. The quantitative estimate of drug-likeness (QED) is 0.557. The molecule has 7 heteroatoms. The van der Waals surface area contributed by atoms with Gasteiger partial charge in [-0.15, -0.1) is 0 Å². The highest BCUT2D eigenvalue weighted by molar-refractivity contribution is 6.00. The average Bonchev–Trinajstić information content (AvgIpc) is 2.72. The molecule has 0 saturated heterocycles. The summed E-state index contributed by atoms with van der Waals surface area (Å²) in [6, 6.07) is 12.2. The Bertz CT molecular complexity index is 892. The molecule has 1 aliphatic rings. The van der Waals surface area contributed by atoms with Gasteiger partial charge in [0.1, 0.15) is 0 Å². The van der Waals surface area contributed by atoms with Gasteiger partial charge in [0.25, 0.3) is 0 Å². The normalized spacial score (nSPS) is 12.5. The minimum atomic E-state index is -0.520. The molecule has 0 aromatic heterocycles. The molecule has 1 aliphatic heterocycles. The summed E-state index contributed by atoms with van der Waals surface area (Å²) in [5.41, 5.74) is 2.08. The van der Waals surface area contributed by atoms with Crippen LogP contribution in [0.4, 0.5) is 5.69 Å². The van der Waals surface area contributed by atoms with Gasteiger partial charge in [0.15, 0.2) is 23.9 Å². The van der Waals surface area contributed by atoms with E-state index in [-0.39, 0.29) is 31.3 Å². The van der Waals surface area contributed by atoms with Gasteiger partial charge in [-0.3, -0.25) is 14.4 Å². The van der Waals surface area contributed by atoms with Gasteiger partial charge in [0.2, 0.25) is 5.91 Å². The fourth-order valence-corrected chi connectivity index (χ4v) is 2.84. The number of esters is 1. The second kappa shape index (κ2) is 9.03. The number of carbonyl (C=O) groups is 3. The Morgan fingerprint density at radius 1 is 1.07 bits per heavy atom. The summed E-state index contributed by atoms with van der Waals surface area (Å²) in [5, 5.41) is 2.76. The van der Waals surface area contributed by atoms with E-state index in [1.807, 2.05) is 6.07 Å². The molecule has 0 unspecified atom stereocenters. The van der Waals surface area contributed by atoms with Crippen molar-refractivity contribution >= 4 is 23.3 Å². The van der Waals surface area contributed by atoms with E-state index in [4.69, 9.17) is 14.2 Å². The molecule has 2 aromatic carbocycles. The third-order valence-corrected chi connectivity index (χ3v) is 4.32. The molecule has 0 bridgehead atoms. The van der Waals surface area contributed by atoms with Crippen LogP contribution in [0.5, 0.6) is 11.5 Å². The number of hydrogen-bond acceptors (Lipinski definition) is 6. The number of hydrogen-bond donors (Lipinski definition) is 1. The zero-order chi connectivity index (χ0) is 19.9. The number of amides is 1. The topological polar surface area (TPSA) is 90.9 Å². The Morgan fingerprint density at radius 3 is 2.64 bits per heavy atom. The molecule has 28 heavy (non-hydrogen) atoms. The molecule has 2 aromatic rings. The fraction of sp³-hybridized carbons (Fsp3) is 0.286. The highest BCUT2D eigenvalue weighted by Crippen LogP contribution is 2.26. The Balaban J connectivity index is 1.45. The zero-order valence-electron chi connectivity index (χ0n) is 15.5. The van der Waals surface area contributed by atoms with Gasteiger partial charge in [-0.25, -0.2) is 0 Å². The summed E-state index contributed by atoms with van der Waals surface area (Å²) in [5.74, 6) is 0.271. The summed E-state index contributed by atoms with van der Waals surface area (Å²) >= 11 is 0. The molecular weight excluding hydrogens is 362 g/mol. The first-order chi connectivity index (χ1) is 13.6. The lowest BCUT2D eigenvalue weighted by molar-refractivity contribution is -0.143. The van der Waals surface area contributed by atoms with Crippen molar-refractivity contribution in [2.45, 2.75) is 19.3 Å². The van der Waals surface area contributed by atoms with Gasteiger partial charge < -0.3 is 19.5 Å². The summed E-state index contributed by atoms with van der Waals surface area (Å²) in [7, 11) is 1.54. The maximum absolute atomic E-state index is 12.3. The number of methoxy groups -OCH3 is 1. The zero-order valence-corrected chi connectivity index (χ0v) is 15.5. The minimum Gasteiger partial charge on any atom is -0.493 e. The Hall–Kier alpha value is -3.35. The smallest absolute Gasteiger partial charge is 0.309 e. The number of nitrogens with one attached hydrogen (secondary N) is 1. The standard InChI is InChI=1S/C21H21NO6/c1-26-18-4-2-3-5-19(18)27-11-10-21(25)28-13-17(23)15-6-8-16-14(12-15)7-9-20(24)22-16/h2-6,8,12H,7,9-11,13H2,1H3,(H,22,24). The van der Waals surface area contributed by atoms with Crippen LogP contribution in [0.25, 0.3) is 0 Å². The molecule has 0 fully saturated rings. The van der Waals surface area contributed by atoms with Crippen molar-refractivity contribution in [3.05, 3.63) is 53.6 Å². The van der Waals surface area contributed by atoms with E-state index in [9.17, 15) is 14.4 Å². The number of carbonyl (C=O) groups excluding carboxylic acids is 3. The fourth-order valence-electron chi connectivity index (χ4n) is 2.84. The Labute approximate surface area is 162 Å². The first-order valence-electron chi connectivity index (χ1n) is 8.94. The number of ether oxygens (including phenoxy) is 3. The van der Waals surface area contributed by atoms with Crippen molar-refractivity contribution < 1.29 is 28.6 Å². The van der Waals surface area contributed by atoms with Crippen molar-refractivity contribution in [1.82, 2.24) is 0 Å². The number of benzene rings is 2. The van der Waals surface area contributed by atoms with Crippen LogP contribution in [0.3, 0.4) is 0 Å². The summed E-state index contributed by atoms with van der Waals surface area (Å²) < 4.78 is 15.7. The van der Waals surface area contributed by atoms with Gasteiger partial charge in [-0.05, 0) is 42.3 Å². The van der Waals surface area contributed by atoms with Crippen molar-refractivity contribution in [3.63, 3.8) is 0 Å². The number of ketones is 1. The van der Waals surface area contributed by atoms with Gasteiger partial charge in [-0.2, -0.15) is 0 Å². The van der Waals surface area contributed by atoms with Crippen molar-refractivity contribution in [1.29, 1.82) is 0 Å². The summed E-state index contributed by atoms with van der Waals surface area (Å²) in [6.07, 6.45) is 0.996. The van der Waals surface area contributed by atoms with Gasteiger partial charge in [-0.1, -0.05) is 12.1 Å². The first kappa shape index (κ1) is 19.4. The number of fused-ring (bicyclic) bond motifs is 1. The number of para-hydroxylation sites is 2. The molecule has 0 aliphatic carbocycles. The third-order valence-electron chi connectivity index (χ3n) is 4.32. The predicted molar refractivity (Wildman–Crippen MR) is 102 cm³/mol. The van der Waals surface area contributed by atoms with Crippen molar-refractivity contribution in [3.8, 4) is 11.5 Å². The molecule has 1 N–H and O–H groups in total. The lowest BCUT2D eigenvalue weighted by Crippen LogP contribution is -2.20. The predicted octanol–water partition coefficient (Wildman–Crippen LogP) is 2.77. The summed E-state index contributed by atoms with van der Waals surface area (Å²) in [6.45, 7) is -0.218. The van der Waals surface area contributed by atoms with Crippen LogP contribution in [0.2, 0.25) is 0 Å². The van der Waals surface area contributed by atoms with E-state index in [2.05, 4.69) is 5.32 Å². The summed E-state index contributed by atoms with van der Waals surface area (Å²) in [4.78, 5) is 35.5.